The molecule has 5 aromatic rings. The number of carbonyl (C=O) groups is 6. The highest BCUT2D eigenvalue weighted by Gasteiger charge is 2.37. The first-order chi connectivity index (χ1) is 40.0. The van der Waals surface area contributed by atoms with Crippen LogP contribution in [0.4, 0.5) is 4.79 Å². The fraction of sp³-hybridized carbons (Fsp3) is 0.476. The molecule has 4 aromatic carbocycles. The fourth-order valence-corrected chi connectivity index (χ4v) is 10.6. The van der Waals surface area contributed by atoms with Crippen molar-refractivity contribution < 1.29 is 47.7 Å². The number of ether oxygens (including phenoxy) is 4. The van der Waals surface area contributed by atoms with Crippen LogP contribution in [0.25, 0.3) is 11.3 Å². The topological polar surface area (TPSA) is 215 Å². The number of nitrogens with one attached hydrogen (secondary N) is 4. The number of carbonyl (C=O) groups excluding carboxylic acids is 6. The normalized spacial score (nSPS) is 15.7. The molecule has 6 rings (SSSR count). The van der Waals surface area contributed by atoms with Gasteiger partial charge < -0.3 is 59.5 Å². The molecule has 6 atom stereocenters. The van der Waals surface area contributed by atoms with Crippen LogP contribution in [0, 0.1) is 5.92 Å². The quantitative estimate of drug-likeness (QED) is 0.0346. The lowest BCUT2D eigenvalue weighted by Gasteiger charge is -2.40. The van der Waals surface area contributed by atoms with Gasteiger partial charge in [-0.2, -0.15) is 0 Å². The van der Waals surface area contributed by atoms with Crippen molar-refractivity contribution in [2.24, 2.45) is 13.0 Å². The maximum atomic E-state index is 14.9. The van der Waals surface area contributed by atoms with Gasteiger partial charge in [0.2, 0.25) is 23.6 Å². The van der Waals surface area contributed by atoms with Gasteiger partial charge in [-0.1, -0.05) is 84.6 Å². The number of amides is 5. The third-order valence-electron chi connectivity index (χ3n) is 14.8. The number of esters is 1. The Bertz CT molecular complexity index is 2970. The third kappa shape index (κ3) is 20.1. The summed E-state index contributed by atoms with van der Waals surface area (Å²) in [6, 6.07) is 25.7. The Morgan fingerprint density at radius 2 is 1.48 bits per heavy atom. The number of likely N-dealkylation sites (N-methyl/N-ethyl adjacent to an activating group) is 2. The summed E-state index contributed by atoms with van der Waals surface area (Å²) in [5.74, 6) is -0.892. The molecule has 1 heterocycles. The average molecular weight is 1200 g/mol. The molecule has 0 radical (unpaired) electrons. The lowest BCUT2D eigenvalue weighted by atomic mass is 9.87. The molecule has 1 fully saturated rings. The van der Waals surface area contributed by atoms with Crippen molar-refractivity contribution in [3.8, 4) is 22.8 Å². The summed E-state index contributed by atoms with van der Waals surface area (Å²) < 4.78 is 24.5. The monoisotopic (exact) mass is 1200 g/mol. The van der Waals surface area contributed by atoms with E-state index in [1.165, 1.54) is 19.1 Å². The zero-order valence-electron chi connectivity index (χ0n) is 50.0. The van der Waals surface area contributed by atoms with Gasteiger partial charge in [0.25, 0.3) is 0 Å². The molecule has 84 heavy (non-hydrogen) atoms. The van der Waals surface area contributed by atoms with Crippen molar-refractivity contribution in [3.63, 3.8) is 0 Å². The van der Waals surface area contributed by atoms with Crippen LogP contribution in [-0.4, -0.2) is 151 Å². The Kier molecular flexibility index (Phi) is 25.0. The van der Waals surface area contributed by atoms with Gasteiger partial charge in [0.15, 0.2) is 0 Å². The molecule has 1 aliphatic rings. The Labute approximate surface area is 504 Å². The van der Waals surface area contributed by atoms with Gasteiger partial charge in [0.05, 0.1) is 56.6 Å². The minimum atomic E-state index is -1.22. The molecule has 0 aliphatic heterocycles. The summed E-state index contributed by atoms with van der Waals surface area (Å²) in [6.07, 6.45) is 4.54. The Morgan fingerprint density at radius 3 is 2.14 bits per heavy atom. The fourth-order valence-electron chi connectivity index (χ4n) is 10.3. The SMILES string of the molecule is COC[C@H](NC(=O)[C@H](CCNC(=O)OC(C)(C)C)NCc1ccc(Cl)cc1Oc1ccc(-c2cnc(CN(C)C)n2C)cc1)C(=O)N(C)[C@H](CC(=O)N[C@H]1CCCC[C@@H]1N(C)C(=O)[C@@H](CC(=O)OC)Cc1ccccc1)Cc1ccc(Cl)cc1. The molecule has 4 N–H and O–H groups in total. The molecule has 0 spiro atoms. The van der Waals surface area contributed by atoms with Gasteiger partial charge in [0, 0.05) is 81.0 Å². The standard InChI is InChI=1S/C63H83Cl2N9O10/c1-63(2,3)84-62(80)66-31-30-51(67-37-44-22-27-47(65)35-55(44)83-49-28-23-43(24-29-49)54-38-68-56(73(54)7)39-71(4)5)59(77)70-52(40-81-9)61(79)72(6)48(33-42-20-25-46(64)26-21-42)36-57(75)69-50-18-14-15-19-53(50)74(8)60(78)45(34-58(76)82-10)32-41-16-12-11-13-17-41/h11-13,16-17,20-29,35,38,45,48,50-53,67H,14-15,18-19,30-34,36-37,39-40H2,1-10H3,(H,66,80)(H,69,75)(H,70,77)/t45-,48+,50+,51+,52+,53+/m1/s1. The first-order valence-electron chi connectivity index (χ1n) is 28.4. The first-order valence-corrected chi connectivity index (χ1v) is 29.2. The molecule has 0 bridgehead atoms. The Balaban J connectivity index is 1.19. The number of hydrogen-bond acceptors (Lipinski definition) is 13. The van der Waals surface area contributed by atoms with E-state index < -0.39 is 59.6 Å². The third-order valence-corrected chi connectivity index (χ3v) is 15.3. The van der Waals surface area contributed by atoms with Crippen LogP contribution in [0.2, 0.25) is 10.0 Å². The largest absolute Gasteiger partial charge is 0.469 e. The summed E-state index contributed by atoms with van der Waals surface area (Å²) >= 11 is 12.8. The molecule has 5 amide bonds. The second-order valence-electron chi connectivity index (χ2n) is 22.7. The summed E-state index contributed by atoms with van der Waals surface area (Å²) in [5, 5.41) is 13.2. The van der Waals surface area contributed by atoms with Crippen molar-refractivity contribution >= 4 is 58.9 Å². The number of benzene rings is 4. The summed E-state index contributed by atoms with van der Waals surface area (Å²) in [6.45, 7) is 5.86. The van der Waals surface area contributed by atoms with Gasteiger partial charge in [-0.15, -0.1) is 0 Å². The number of halogens is 2. The maximum absolute atomic E-state index is 14.9. The molecular formula is C63H83Cl2N9O10. The molecule has 1 aromatic heterocycles. The predicted molar refractivity (Wildman–Crippen MR) is 324 cm³/mol. The van der Waals surface area contributed by atoms with E-state index in [0.717, 1.165) is 41.1 Å². The van der Waals surface area contributed by atoms with Crippen molar-refractivity contribution in [1.82, 2.24) is 45.5 Å². The summed E-state index contributed by atoms with van der Waals surface area (Å²) in [7, 11) is 12.0. The van der Waals surface area contributed by atoms with E-state index in [-0.39, 0.29) is 63.2 Å². The van der Waals surface area contributed by atoms with Gasteiger partial charge >= 0.3 is 12.1 Å². The van der Waals surface area contributed by atoms with Gasteiger partial charge in [-0.05, 0) is 127 Å². The number of hydrogen-bond donors (Lipinski definition) is 4. The van der Waals surface area contributed by atoms with Crippen LogP contribution in [0.15, 0.2) is 103 Å². The van der Waals surface area contributed by atoms with Crippen LogP contribution >= 0.6 is 23.2 Å². The van der Waals surface area contributed by atoms with Crippen molar-refractivity contribution in [2.75, 3.05) is 55.6 Å². The van der Waals surface area contributed by atoms with E-state index in [4.69, 9.17) is 42.1 Å². The van der Waals surface area contributed by atoms with Crippen LogP contribution in [0.5, 0.6) is 11.5 Å². The maximum Gasteiger partial charge on any atom is 0.407 e. The molecule has 21 heteroatoms. The number of rotatable bonds is 28. The van der Waals surface area contributed by atoms with E-state index in [1.54, 1.807) is 70.1 Å². The highest BCUT2D eigenvalue weighted by molar-refractivity contribution is 6.31. The second kappa shape index (κ2) is 31.7. The second-order valence-corrected chi connectivity index (χ2v) is 23.6. The van der Waals surface area contributed by atoms with E-state index in [2.05, 4.69) is 35.7 Å². The molecule has 19 nitrogen and oxygen atoms in total. The highest BCUT2D eigenvalue weighted by atomic mass is 35.5. The summed E-state index contributed by atoms with van der Waals surface area (Å²) in [4.78, 5) is 93.4. The molecule has 0 unspecified atom stereocenters. The number of alkyl carbamates (subject to hydrolysis) is 1. The van der Waals surface area contributed by atoms with E-state index in [1.807, 2.05) is 94.1 Å². The molecule has 1 aliphatic carbocycles. The smallest absolute Gasteiger partial charge is 0.407 e. The van der Waals surface area contributed by atoms with Crippen molar-refractivity contribution in [3.05, 3.63) is 136 Å². The van der Waals surface area contributed by atoms with Crippen LogP contribution in [-0.2, 0) is 71.2 Å². The summed E-state index contributed by atoms with van der Waals surface area (Å²) in [5.41, 5.74) is 3.52. The molecular weight excluding hydrogens is 1110 g/mol. The van der Waals surface area contributed by atoms with Crippen LogP contribution < -0.4 is 26.0 Å². The minimum Gasteiger partial charge on any atom is -0.469 e. The van der Waals surface area contributed by atoms with Crippen LogP contribution in [0.3, 0.4) is 0 Å². The van der Waals surface area contributed by atoms with Crippen molar-refractivity contribution in [2.45, 2.75) is 127 Å². The lowest BCUT2D eigenvalue weighted by Crippen LogP contribution is -2.57. The zero-order chi connectivity index (χ0) is 61.1. The predicted octanol–water partition coefficient (Wildman–Crippen LogP) is 8.52. The van der Waals surface area contributed by atoms with Gasteiger partial charge in [0.1, 0.15) is 29.0 Å². The molecule has 1 saturated carbocycles. The molecule has 0 saturated heterocycles. The number of methoxy groups -OCH3 is 2. The Morgan fingerprint density at radius 1 is 0.798 bits per heavy atom. The van der Waals surface area contributed by atoms with Crippen molar-refractivity contribution in [1.29, 1.82) is 0 Å². The zero-order valence-corrected chi connectivity index (χ0v) is 51.6. The van der Waals surface area contributed by atoms with Crippen LogP contribution in [0.1, 0.15) is 88.2 Å². The van der Waals surface area contributed by atoms with Gasteiger partial charge in [-0.25, -0.2) is 9.78 Å². The van der Waals surface area contributed by atoms with E-state index in [0.29, 0.717) is 52.9 Å². The van der Waals surface area contributed by atoms with Gasteiger partial charge in [-0.3, -0.25) is 24.0 Å². The van der Waals surface area contributed by atoms with E-state index >= 15 is 0 Å². The first kappa shape index (κ1) is 66.1. The number of aromatic nitrogens is 2. The highest BCUT2D eigenvalue weighted by Crippen LogP contribution is 2.32. The lowest BCUT2D eigenvalue weighted by molar-refractivity contribution is -0.147. The average Bonchev–Trinajstić information content (AvgIpc) is 3.95. The molecule has 454 valence electrons. The minimum absolute atomic E-state index is 0.0261. The van der Waals surface area contributed by atoms with E-state index in [9.17, 15) is 28.8 Å². The number of nitrogens with zero attached hydrogens (tertiary/aromatic N) is 5. The Hall–Kier alpha value is -7.03. The number of imidazole rings is 1.